The van der Waals surface area contributed by atoms with Gasteiger partial charge in [-0.2, -0.15) is 5.10 Å². The summed E-state index contributed by atoms with van der Waals surface area (Å²) in [6.07, 6.45) is 2.17. The number of carbonyl (C=O) groups excluding carboxylic acids is 1. The molecular formula is C21H17ClN4O3. The lowest BCUT2D eigenvalue weighted by atomic mass is 10.0. The van der Waals surface area contributed by atoms with Crippen LogP contribution in [0.15, 0.2) is 57.9 Å². The maximum atomic E-state index is 13.2. The topological polar surface area (TPSA) is 84.1 Å². The van der Waals surface area contributed by atoms with Crippen molar-refractivity contribution in [1.29, 1.82) is 0 Å². The van der Waals surface area contributed by atoms with E-state index in [1.165, 1.54) is 0 Å². The molecule has 4 aromatic rings. The Kier molecular flexibility index (Phi) is 4.06. The van der Waals surface area contributed by atoms with Crippen molar-refractivity contribution in [2.45, 2.75) is 19.0 Å². The molecule has 29 heavy (non-hydrogen) atoms. The van der Waals surface area contributed by atoms with Gasteiger partial charge in [0.15, 0.2) is 5.58 Å². The van der Waals surface area contributed by atoms with E-state index in [4.69, 9.17) is 16.0 Å². The molecule has 0 fully saturated rings. The van der Waals surface area contributed by atoms with Gasteiger partial charge in [-0.15, -0.1) is 0 Å². The van der Waals surface area contributed by atoms with Crippen molar-refractivity contribution in [1.82, 2.24) is 19.7 Å². The molecule has 0 saturated heterocycles. The van der Waals surface area contributed by atoms with Gasteiger partial charge in [0.2, 0.25) is 0 Å². The second-order valence-corrected chi connectivity index (χ2v) is 7.56. The van der Waals surface area contributed by atoms with Gasteiger partial charge >= 0.3 is 5.76 Å². The third kappa shape index (κ3) is 2.94. The van der Waals surface area contributed by atoms with E-state index in [1.54, 1.807) is 23.0 Å². The summed E-state index contributed by atoms with van der Waals surface area (Å²) in [6.45, 7) is 0.387. The Morgan fingerprint density at radius 2 is 2.03 bits per heavy atom. The molecule has 1 aliphatic rings. The molecule has 7 nitrogen and oxygen atoms in total. The summed E-state index contributed by atoms with van der Waals surface area (Å²) in [4.78, 5) is 29.1. The highest BCUT2D eigenvalue weighted by atomic mass is 35.5. The summed E-state index contributed by atoms with van der Waals surface area (Å²) >= 11 is 6.33. The van der Waals surface area contributed by atoms with Gasteiger partial charge in [0.25, 0.3) is 5.91 Å². The van der Waals surface area contributed by atoms with Crippen LogP contribution in [0.3, 0.4) is 0 Å². The smallest absolute Gasteiger partial charge is 0.408 e. The van der Waals surface area contributed by atoms with E-state index >= 15 is 0 Å². The molecule has 2 aromatic heterocycles. The lowest BCUT2D eigenvalue weighted by Gasteiger charge is -2.26. The van der Waals surface area contributed by atoms with Crippen LogP contribution in [0.5, 0.6) is 0 Å². The first-order chi connectivity index (χ1) is 14.0. The Labute approximate surface area is 170 Å². The number of benzene rings is 2. The molecular weight excluding hydrogens is 392 g/mol. The van der Waals surface area contributed by atoms with Crippen LogP contribution in [0.25, 0.3) is 11.1 Å². The number of fused-ring (bicyclic) bond motifs is 2. The molecule has 0 bridgehead atoms. The Balaban J connectivity index is 1.53. The molecule has 0 aliphatic carbocycles. The monoisotopic (exact) mass is 408 g/mol. The molecule has 0 saturated carbocycles. The number of aromatic nitrogens is 3. The minimum Gasteiger partial charge on any atom is -0.408 e. The standard InChI is InChI=1S/C21H17ClN4O3/c1-25-18(15(22)10-23-25)9-17-13-4-2-3-5-14(13)20(27)26(17)11-12-6-7-16-19(8-12)29-21(28)24-16/h2-8,10,17H,9,11H2,1H3,(H,24,28). The Morgan fingerprint density at radius 3 is 2.83 bits per heavy atom. The fraction of sp³-hybridized carbons (Fsp3) is 0.190. The van der Waals surface area contributed by atoms with Crippen LogP contribution in [0, 0.1) is 0 Å². The molecule has 1 aliphatic heterocycles. The van der Waals surface area contributed by atoms with Gasteiger partial charge in [-0.3, -0.25) is 14.5 Å². The summed E-state index contributed by atoms with van der Waals surface area (Å²) < 4.78 is 6.90. The zero-order valence-electron chi connectivity index (χ0n) is 15.6. The zero-order valence-corrected chi connectivity index (χ0v) is 16.3. The summed E-state index contributed by atoms with van der Waals surface area (Å²) in [5.41, 5.74) is 4.53. The molecule has 8 heteroatoms. The van der Waals surface area contributed by atoms with Crippen LogP contribution >= 0.6 is 11.6 Å². The lowest BCUT2D eigenvalue weighted by molar-refractivity contribution is 0.0708. The molecule has 1 N–H and O–H groups in total. The van der Waals surface area contributed by atoms with Crippen LogP contribution in [-0.2, 0) is 20.0 Å². The number of nitrogens with zero attached hydrogens (tertiary/aromatic N) is 3. The number of oxazole rings is 1. The predicted molar refractivity (Wildman–Crippen MR) is 108 cm³/mol. The maximum absolute atomic E-state index is 13.2. The van der Waals surface area contributed by atoms with Gasteiger partial charge in [0.1, 0.15) is 0 Å². The van der Waals surface area contributed by atoms with E-state index in [-0.39, 0.29) is 11.9 Å². The highest BCUT2D eigenvalue weighted by Crippen LogP contribution is 2.38. The first-order valence-electron chi connectivity index (χ1n) is 9.19. The van der Waals surface area contributed by atoms with E-state index in [0.29, 0.717) is 34.7 Å². The molecule has 5 rings (SSSR count). The van der Waals surface area contributed by atoms with Crippen LogP contribution in [0.1, 0.15) is 33.2 Å². The lowest BCUT2D eigenvalue weighted by Crippen LogP contribution is -2.29. The molecule has 0 radical (unpaired) electrons. The molecule has 146 valence electrons. The van der Waals surface area contributed by atoms with E-state index in [0.717, 1.165) is 16.8 Å². The molecule has 0 spiro atoms. The Morgan fingerprint density at radius 1 is 1.21 bits per heavy atom. The average molecular weight is 409 g/mol. The molecule has 2 aromatic carbocycles. The van der Waals surface area contributed by atoms with Crippen molar-refractivity contribution in [3.05, 3.63) is 86.6 Å². The number of halogens is 1. The second-order valence-electron chi connectivity index (χ2n) is 7.15. The van der Waals surface area contributed by atoms with Crippen LogP contribution in [0.4, 0.5) is 0 Å². The van der Waals surface area contributed by atoms with E-state index in [9.17, 15) is 9.59 Å². The maximum Gasteiger partial charge on any atom is 0.417 e. The second kappa shape index (κ2) is 6.63. The van der Waals surface area contributed by atoms with Crippen LogP contribution in [-0.4, -0.2) is 25.6 Å². The van der Waals surface area contributed by atoms with Crippen molar-refractivity contribution >= 4 is 28.6 Å². The first kappa shape index (κ1) is 17.8. The van der Waals surface area contributed by atoms with Crippen molar-refractivity contribution < 1.29 is 9.21 Å². The Bertz CT molecular complexity index is 1280. The molecule has 1 amide bonds. The van der Waals surface area contributed by atoms with Gasteiger partial charge in [-0.1, -0.05) is 35.9 Å². The quantitative estimate of drug-likeness (QED) is 0.560. The van der Waals surface area contributed by atoms with Crippen molar-refractivity contribution in [2.75, 3.05) is 0 Å². The number of rotatable bonds is 4. The van der Waals surface area contributed by atoms with E-state index < -0.39 is 5.76 Å². The number of H-pyrrole nitrogens is 1. The summed E-state index contributed by atoms with van der Waals surface area (Å²) in [6, 6.07) is 12.9. The van der Waals surface area contributed by atoms with E-state index in [1.807, 2.05) is 42.3 Å². The molecule has 3 heterocycles. The number of carbonyl (C=O) groups is 1. The van der Waals surface area contributed by atoms with Crippen molar-refractivity contribution in [3.8, 4) is 0 Å². The fourth-order valence-electron chi connectivity index (χ4n) is 3.98. The predicted octanol–water partition coefficient (Wildman–Crippen LogP) is 3.45. The third-order valence-corrected chi connectivity index (χ3v) is 5.74. The summed E-state index contributed by atoms with van der Waals surface area (Å²) in [7, 11) is 1.84. The van der Waals surface area contributed by atoms with Gasteiger partial charge in [0.05, 0.1) is 28.5 Å². The summed E-state index contributed by atoms with van der Waals surface area (Å²) in [5.74, 6) is -0.523. The number of aromatic amines is 1. The number of hydrogen-bond acceptors (Lipinski definition) is 4. The number of aryl methyl sites for hydroxylation is 1. The van der Waals surface area contributed by atoms with E-state index in [2.05, 4.69) is 10.1 Å². The van der Waals surface area contributed by atoms with Crippen molar-refractivity contribution in [3.63, 3.8) is 0 Å². The first-order valence-corrected chi connectivity index (χ1v) is 9.57. The molecule has 1 atom stereocenters. The van der Waals surface area contributed by atoms with Gasteiger partial charge < -0.3 is 9.32 Å². The van der Waals surface area contributed by atoms with Gasteiger partial charge in [0, 0.05) is 25.6 Å². The highest BCUT2D eigenvalue weighted by molar-refractivity contribution is 6.31. The van der Waals surface area contributed by atoms with Gasteiger partial charge in [-0.25, -0.2) is 4.79 Å². The number of amides is 1. The minimum atomic E-state index is -0.495. The third-order valence-electron chi connectivity index (χ3n) is 5.42. The van der Waals surface area contributed by atoms with Crippen LogP contribution < -0.4 is 5.76 Å². The van der Waals surface area contributed by atoms with Crippen molar-refractivity contribution in [2.24, 2.45) is 7.05 Å². The molecule has 1 unspecified atom stereocenters. The fourth-order valence-corrected chi connectivity index (χ4v) is 4.23. The highest BCUT2D eigenvalue weighted by Gasteiger charge is 2.37. The summed E-state index contributed by atoms with van der Waals surface area (Å²) in [5, 5.41) is 4.80. The average Bonchev–Trinajstić information content (AvgIpc) is 3.32. The van der Waals surface area contributed by atoms with Gasteiger partial charge in [-0.05, 0) is 29.3 Å². The number of hydrogen-bond donors (Lipinski definition) is 1. The number of nitrogens with one attached hydrogen (secondary N) is 1. The Hall–Kier alpha value is -3.32. The van der Waals surface area contributed by atoms with Crippen LogP contribution in [0.2, 0.25) is 5.02 Å². The largest absolute Gasteiger partial charge is 0.417 e. The zero-order chi connectivity index (χ0) is 20.1. The normalized spacial score (nSPS) is 16.0. The minimum absolute atomic E-state index is 0.0282. The SMILES string of the molecule is Cn1ncc(Cl)c1CC1c2ccccc2C(=O)N1Cc1ccc2[nH]c(=O)oc2c1.